The minimum absolute atomic E-state index is 0.0652. The zero-order chi connectivity index (χ0) is 19.1. The second-order valence-corrected chi connectivity index (χ2v) is 6.53. The maximum atomic E-state index is 12.3. The molecule has 1 heterocycles. The van der Waals surface area contributed by atoms with Crippen LogP contribution in [0.3, 0.4) is 0 Å². The van der Waals surface area contributed by atoms with Crippen molar-refractivity contribution in [2.45, 2.75) is 18.9 Å². The van der Waals surface area contributed by atoms with Crippen LogP contribution in [0.4, 0.5) is 10.5 Å². The van der Waals surface area contributed by atoms with E-state index in [0.717, 1.165) is 24.4 Å². The third-order valence-electron chi connectivity index (χ3n) is 4.81. The summed E-state index contributed by atoms with van der Waals surface area (Å²) in [6.45, 7) is 2.52. The number of carbonyl (C=O) groups is 1. The smallest absolute Gasteiger partial charge is 0.319 e. The van der Waals surface area contributed by atoms with Crippen molar-refractivity contribution in [3.05, 3.63) is 59.7 Å². The number of urea groups is 1. The van der Waals surface area contributed by atoms with Gasteiger partial charge in [-0.3, -0.25) is 4.90 Å². The lowest BCUT2D eigenvalue weighted by molar-refractivity contribution is 0.224. The van der Waals surface area contributed by atoms with E-state index in [-0.39, 0.29) is 12.1 Å². The number of amides is 2. The number of likely N-dealkylation sites (tertiary alicyclic amines) is 1. The van der Waals surface area contributed by atoms with Crippen molar-refractivity contribution < 1.29 is 9.53 Å². The van der Waals surface area contributed by atoms with Crippen molar-refractivity contribution in [3.63, 3.8) is 0 Å². The largest absolute Gasteiger partial charge is 0.496 e. The average Bonchev–Trinajstić information content (AvgIpc) is 3.23. The van der Waals surface area contributed by atoms with Crippen molar-refractivity contribution in [1.29, 1.82) is 5.26 Å². The zero-order valence-corrected chi connectivity index (χ0v) is 15.4. The maximum absolute atomic E-state index is 12.3. The Bertz CT molecular complexity index is 808. The van der Waals surface area contributed by atoms with Crippen LogP contribution in [0, 0.1) is 11.3 Å². The fourth-order valence-corrected chi connectivity index (χ4v) is 3.42. The lowest BCUT2D eigenvalue weighted by Gasteiger charge is -2.29. The van der Waals surface area contributed by atoms with Gasteiger partial charge in [-0.15, -0.1) is 0 Å². The Morgan fingerprint density at radius 1 is 1.19 bits per heavy atom. The van der Waals surface area contributed by atoms with Crippen LogP contribution in [0.25, 0.3) is 0 Å². The van der Waals surface area contributed by atoms with Gasteiger partial charge in [0.15, 0.2) is 0 Å². The Labute approximate surface area is 159 Å². The third kappa shape index (κ3) is 4.78. The third-order valence-corrected chi connectivity index (χ3v) is 4.81. The highest BCUT2D eigenvalue weighted by Gasteiger charge is 2.26. The summed E-state index contributed by atoms with van der Waals surface area (Å²) in [7, 11) is 1.67. The summed E-state index contributed by atoms with van der Waals surface area (Å²) in [5.41, 5.74) is 2.30. The molecule has 1 fully saturated rings. The number of methoxy groups -OCH3 is 1. The first kappa shape index (κ1) is 18.7. The second kappa shape index (κ2) is 9.06. The van der Waals surface area contributed by atoms with E-state index in [1.165, 1.54) is 12.8 Å². The average molecular weight is 364 g/mol. The van der Waals surface area contributed by atoms with Gasteiger partial charge < -0.3 is 15.4 Å². The zero-order valence-electron chi connectivity index (χ0n) is 15.4. The summed E-state index contributed by atoms with van der Waals surface area (Å²) < 4.78 is 5.53. The molecule has 0 aliphatic carbocycles. The number of carbonyl (C=O) groups excluding carboxylic acids is 1. The first-order valence-corrected chi connectivity index (χ1v) is 9.13. The number of nitriles is 1. The monoisotopic (exact) mass is 364 g/mol. The van der Waals surface area contributed by atoms with Gasteiger partial charge in [0.05, 0.1) is 24.8 Å². The lowest BCUT2D eigenvalue weighted by atomic mass is 10.0. The van der Waals surface area contributed by atoms with Crippen molar-refractivity contribution in [2.24, 2.45) is 0 Å². The number of para-hydroxylation sites is 1. The molecule has 0 aromatic heterocycles. The molecule has 1 unspecified atom stereocenters. The first-order valence-electron chi connectivity index (χ1n) is 9.13. The van der Waals surface area contributed by atoms with Gasteiger partial charge in [0.2, 0.25) is 0 Å². The minimum Gasteiger partial charge on any atom is -0.496 e. The minimum atomic E-state index is -0.265. The standard InChI is InChI=1S/C21H24N4O2/c1-27-20-7-3-2-6-18(20)19(25-12-4-5-13-25)15-23-21(26)24-17-10-8-16(14-22)9-11-17/h2-3,6-11,19H,4-5,12-13,15H2,1H3,(H2,23,24,26). The molecule has 140 valence electrons. The molecule has 1 saturated heterocycles. The summed E-state index contributed by atoms with van der Waals surface area (Å²) in [5.74, 6) is 0.837. The molecule has 0 saturated carbocycles. The predicted octanol–water partition coefficient (Wildman–Crippen LogP) is 3.53. The van der Waals surface area contributed by atoms with Gasteiger partial charge in [-0.25, -0.2) is 4.79 Å². The van der Waals surface area contributed by atoms with Crippen LogP contribution in [0.15, 0.2) is 48.5 Å². The van der Waals surface area contributed by atoms with Gasteiger partial charge >= 0.3 is 6.03 Å². The van der Waals surface area contributed by atoms with E-state index in [1.807, 2.05) is 18.2 Å². The van der Waals surface area contributed by atoms with Gasteiger partial charge in [-0.2, -0.15) is 5.26 Å². The lowest BCUT2D eigenvalue weighted by Crippen LogP contribution is -2.38. The Kier molecular flexibility index (Phi) is 6.29. The normalized spacial score (nSPS) is 15.0. The number of nitrogens with one attached hydrogen (secondary N) is 2. The molecule has 3 rings (SSSR count). The van der Waals surface area contributed by atoms with Gasteiger partial charge in [0.25, 0.3) is 0 Å². The Morgan fingerprint density at radius 2 is 1.89 bits per heavy atom. The Balaban J connectivity index is 1.67. The van der Waals surface area contributed by atoms with Crippen molar-refractivity contribution >= 4 is 11.7 Å². The molecule has 1 aliphatic rings. The summed E-state index contributed by atoms with van der Waals surface area (Å²) in [4.78, 5) is 14.7. The summed E-state index contributed by atoms with van der Waals surface area (Å²) in [5, 5.41) is 14.6. The molecule has 0 spiro atoms. The van der Waals surface area contributed by atoms with Crippen molar-refractivity contribution in [2.75, 3.05) is 32.1 Å². The molecule has 6 heteroatoms. The van der Waals surface area contributed by atoms with Crippen LogP contribution in [0.2, 0.25) is 0 Å². The van der Waals surface area contributed by atoms with E-state index in [4.69, 9.17) is 10.00 Å². The highest BCUT2D eigenvalue weighted by molar-refractivity contribution is 5.89. The van der Waals surface area contributed by atoms with E-state index in [0.29, 0.717) is 17.8 Å². The number of ether oxygens (including phenoxy) is 1. The number of hydrogen-bond acceptors (Lipinski definition) is 4. The van der Waals surface area contributed by atoms with E-state index < -0.39 is 0 Å². The Hall–Kier alpha value is -3.04. The molecular formula is C21H24N4O2. The van der Waals surface area contributed by atoms with E-state index in [2.05, 4.69) is 27.7 Å². The molecule has 1 aliphatic heterocycles. The van der Waals surface area contributed by atoms with Crippen LogP contribution >= 0.6 is 0 Å². The number of nitrogens with zero attached hydrogens (tertiary/aromatic N) is 2. The number of anilines is 1. The fourth-order valence-electron chi connectivity index (χ4n) is 3.42. The van der Waals surface area contributed by atoms with Crippen LogP contribution in [-0.4, -0.2) is 37.7 Å². The van der Waals surface area contributed by atoms with Crippen LogP contribution in [0.5, 0.6) is 5.75 Å². The molecule has 0 radical (unpaired) electrons. The van der Waals surface area contributed by atoms with Gasteiger partial charge in [0, 0.05) is 17.8 Å². The molecule has 0 bridgehead atoms. The van der Waals surface area contributed by atoms with Crippen LogP contribution < -0.4 is 15.4 Å². The van der Waals surface area contributed by atoms with E-state index in [1.54, 1.807) is 31.4 Å². The van der Waals surface area contributed by atoms with Gasteiger partial charge in [-0.05, 0) is 56.3 Å². The van der Waals surface area contributed by atoms with E-state index in [9.17, 15) is 4.79 Å². The first-order chi connectivity index (χ1) is 13.2. The SMILES string of the molecule is COc1ccccc1C(CNC(=O)Nc1ccc(C#N)cc1)N1CCCC1. The highest BCUT2D eigenvalue weighted by Crippen LogP contribution is 2.31. The fraction of sp³-hybridized carbons (Fsp3) is 0.333. The van der Waals surface area contributed by atoms with Crippen molar-refractivity contribution in [1.82, 2.24) is 10.2 Å². The van der Waals surface area contributed by atoms with Crippen LogP contribution in [-0.2, 0) is 0 Å². The van der Waals surface area contributed by atoms with Gasteiger partial charge in [0.1, 0.15) is 5.75 Å². The topological polar surface area (TPSA) is 77.4 Å². The highest BCUT2D eigenvalue weighted by atomic mass is 16.5. The van der Waals surface area contributed by atoms with Gasteiger partial charge in [-0.1, -0.05) is 18.2 Å². The Morgan fingerprint density at radius 3 is 2.56 bits per heavy atom. The molecular weight excluding hydrogens is 340 g/mol. The number of rotatable bonds is 6. The maximum Gasteiger partial charge on any atom is 0.319 e. The molecule has 1 atom stereocenters. The summed E-state index contributed by atoms with van der Waals surface area (Å²) in [6, 6.07) is 16.6. The predicted molar refractivity (Wildman–Crippen MR) is 105 cm³/mol. The molecule has 27 heavy (non-hydrogen) atoms. The molecule has 2 aromatic rings. The molecule has 2 N–H and O–H groups in total. The number of hydrogen-bond donors (Lipinski definition) is 2. The van der Waals surface area contributed by atoms with Crippen LogP contribution in [0.1, 0.15) is 30.0 Å². The quantitative estimate of drug-likeness (QED) is 0.822. The molecule has 6 nitrogen and oxygen atoms in total. The van der Waals surface area contributed by atoms with Crippen molar-refractivity contribution in [3.8, 4) is 11.8 Å². The summed E-state index contributed by atoms with van der Waals surface area (Å²) in [6.07, 6.45) is 2.34. The molecule has 2 amide bonds. The summed E-state index contributed by atoms with van der Waals surface area (Å²) >= 11 is 0. The molecule has 2 aromatic carbocycles. The number of benzene rings is 2. The second-order valence-electron chi connectivity index (χ2n) is 6.53. The van der Waals surface area contributed by atoms with E-state index >= 15 is 0 Å².